The Kier molecular flexibility index (Phi) is 10.7. The molecular weight excluding hydrogens is 1030 g/mol. The van der Waals surface area contributed by atoms with Crippen LogP contribution in [0.25, 0.3) is 32.0 Å². The second-order valence-electron chi connectivity index (χ2n) is 23.0. The maximum absolute atomic E-state index is 16.3. The van der Waals surface area contributed by atoms with Gasteiger partial charge in [-0.3, -0.25) is 0 Å². The Morgan fingerprint density at radius 3 is 1.54 bits per heavy atom. The lowest BCUT2D eigenvalue weighted by molar-refractivity contribution is -0.257. The van der Waals surface area contributed by atoms with Gasteiger partial charge in [0.15, 0.2) is 0 Å². The molecule has 6 atom stereocenters. The van der Waals surface area contributed by atoms with Crippen LogP contribution >= 0.6 is 23.5 Å². The van der Waals surface area contributed by atoms with Crippen LogP contribution in [0.15, 0.2) is 167 Å². The van der Waals surface area contributed by atoms with Gasteiger partial charge in [-0.25, -0.2) is 0 Å². The Morgan fingerprint density at radius 1 is 0.500 bits per heavy atom. The summed E-state index contributed by atoms with van der Waals surface area (Å²) in [4.78, 5) is 1.26. The highest BCUT2D eigenvalue weighted by Crippen LogP contribution is 2.78. The number of methoxy groups -OCH3 is 2. The van der Waals surface area contributed by atoms with Gasteiger partial charge in [0.25, 0.3) is 0 Å². The maximum Gasteiger partial charge on any atom is 0.380 e. The Labute approximate surface area is 458 Å². The number of hydrogen-bond acceptors (Lipinski definition) is 4. The van der Waals surface area contributed by atoms with Crippen molar-refractivity contribution < 1.29 is 35.8 Å². The Bertz CT molecular complexity index is 3990. The molecule has 390 valence electrons. The van der Waals surface area contributed by atoms with Crippen molar-refractivity contribution in [2.75, 3.05) is 14.2 Å². The molecule has 4 unspecified atom stereocenters. The Balaban J connectivity index is 0.798. The number of alkyl halides is 6. The van der Waals surface area contributed by atoms with Crippen LogP contribution in [-0.4, -0.2) is 41.5 Å². The number of ether oxygens (including phenoxy) is 2. The lowest BCUT2D eigenvalue weighted by atomic mass is 9.41. The molecule has 7 aromatic carbocycles. The number of allylic oxidation sites excluding steroid dienone is 3. The molecule has 0 radical (unpaired) electrons. The van der Waals surface area contributed by atoms with E-state index in [1.165, 1.54) is 41.1 Å². The van der Waals surface area contributed by atoms with E-state index in [9.17, 15) is 0 Å². The molecule has 5 fully saturated rings. The lowest BCUT2D eigenvalue weighted by Gasteiger charge is -2.63. The number of rotatable bonds is 5. The summed E-state index contributed by atoms with van der Waals surface area (Å²) in [6.07, 6.45) is 6.60. The van der Waals surface area contributed by atoms with Gasteiger partial charge in [-0.1, -0.05) is 121 Å². The first kappa shape index (κ1) is 49.6. The molecule has 2 heterocycles. The molecule has 78 heavy (non-hydrogen) atoms. The van der Waals surface area contributed by atoms with Crippen LogP contribution in [-0.2, 0) is 10.8 Å². The number of fused-ring (bicyclic) bond motifs is 8. The summed E-state index contributed by atoms with van der Waals surface area (Å²) in [6.45, 7) is 5.19. The average Bonchev–Trinajstić information content (AvgIpc) is 2.25. The van der Waals surface area contributed by atoms with Crippen LogP contribution in [0.1, 0.15) is 104 Å². The minimum absolute atomic E-state index is 0.0226. The number of halogens is 6. The average molecular weight is 1080 g/mol. The van der Waals surface area contributed by atoms with Gasteiger partial charge < -0.3 is 9.47 Å². The van der Waals surface area contributed by atoms with Crippen molar-refractivity contribution in [3.05, 3.63) is 206 Å². The van der Waals surface area contributed by atoms with Crippen LogP contribution in [0.5, 0.6) is 11.5 Å². The van der Waals surface area contributed by atoms with E-state index in [-0.39, 0.29) is 22.0 Å². The van der Waals surface area contributed by atoms with E-state index in [2.05, 4.69) is 72.2 Å². The largest absolute Gasteiger partial charge is 0.496 e. The molecule has 8 aliphatic rings. The molecule has 0 N–H and O–H groups in total. The van der Waals surface area contributed by atoms with Crippen LogP contribution in [0.2, 0.25) is 0 Å². The molecule has 0 amide bonds. The fourth-order valence-corrected chi connectivity index (χ4v) is 19.0. The predicted molar refractivity (Wildman–Crippen MR) is 302 cm³/mol. The van der Waals surface area contributed by atoms with Gasteiger partial charge in [-0.05, 0) is 163 Å². The standard InChI is InChI=1S/C68H52F6O2S2/c1-39-57-59-60(67(71,72)68(73,74)66(59,69)70)58-51-15-9-10-20-54(51)77-63(58,3)62(57,2)78-61(39)44-25-29-46(30-26-44)65-36-42-33-43(37-65)35-64(34-42,38-65)45-27-21-41(22-28-45)24-32-50-48-17-12-18-52(75-4)55(48)49(31-23-40-13-7-6-8-14-40)47-16-11-19-53(76-5)56(47)50/h6-22,25-30,42-43H,33-38H2,1-5H3/t42-,43+,62?,63?,64?,65?. The first-order valence-electron chi connectivity index (χ1n) is 26.6. The fraction of sp³-hybridized carbons (Fsp3) is 0.294. The molecule has 6 aliphatic carbocycles. The van der Waals surface area contributed by atoms with E-state index in [0.29, 0.717) is 44.3 Å². The lowest BCUT2D eigenvalue weighted by Crippen LogP contribution is -2.55. The van der Waals surface area contributed by atoms with Crippen molar-refractivity contribution in [1.29, 1.82) is 0 Å². The molecule has 7 aromatic rings. The molecule has 10 heteroatoms. The summed E-state index contributed by atoms with van der Waals surface area (Å²) in [5.41, 5.74) is 4.74. The number of benzene rings is 7. The number of hydrogen-bond donors (Lipinski definition) is 0. The molecule has 2 aliphatic heterocycles. The first-order valence-corrected chi connectivity index (χ1v) is 28.2. The highest BCUT2D eigenvalue weighted by atomic mass is 32.2. The summed E-state index contributed by atoms with van der Waals surface area (Å²) < 4.78 is 106. The zero-order valence-corrected chi connectivity index (χ0v) is 45.2. The van der Waals surface area contributed by atoms with Crippen LogP contribution < -0.4 is 9.47 Å². The topological polar surface area (TPSA) is 18.5 Å². The van der Waals surface area contributed by atoms with Crippen LogP contribution in [0.3, 0.4) is 0 Å². The first-order chi connectivity index (χ1) is 37.4. The third kappa shape index (κ3) is 6.60. The third-order valence-corrected chi connectivity index (χ3v) is 22.3. The van der Waals surface area contributed by atoms with Gasteiger partial charge in [-0.2, -0.15) is 26.3 Å². The van der Waals surface area contributed by atoms with E-state index >= 15 is 26.3 Å². The van der Waals surface area contributed by atoms with Crippen LogP contribution in [0.4, 0.5) is 26.3 Å². The second kappa shape index (κ2) is 16.9. The summed E-state index contributed by atoms with van der Waals surface area (Å²) in [5, 5.41) is 3.63. The van der Waals surface area contributed by atoms with E-state index in [0.717, 1.165) is 81.5 Å². The molecule has 2 nitrogen and oxygen atoms in total. The van der Waals surface area contributed by atoms with E-state index in [4.69, 9.17) is 9.47 Å². The minimum Gasteiger partial charge on any atom is -0.496 e. The van der Waals surface area contributed by atoms with E-state index in [1.54, 1.807) is 59.3 Å². The summed E-state index contributed by atoms with van der Waals surface area (Å²) in [6, 6.07) is 46.0. The van der Waals surface area contributed by atoms with Crippen LogP contribution in [0, 0.1) is 35.5 Å². The van der Waals surface area contributed by atoms with Crippen molar-refractivity contribution in [2.24, 2.45) is 11.8 Å². The van der Waals surface area contributed by atoms with Gasteiger partial charge in [-0.15, -0.1) is 23.5 Å². The van der Waals surface area contributed by atoms with E-state index in [1.807, 2.05) is 66.7 Å². The fourth-order valence-electron chi connectivity index (χ4n) is 15.7. The van der Waals surface area contributed by atoms with Crippen molar-refractivity contribution in [3.8, 4) is 35.2 Å². The smallest absolute Gasteiger partial charge is 0.380 e. The van der Waals surface area contributed by atoms with Gasteiger partial charge in [0, 0.05) is 64.7 Å². The molecule has 0 saturated heterocycles. The molecule has 0 aromatic heterocycles. The zero-order chi connectivity index (χ0) is 53.9. The normalized spacial score (nSPS) is 28.2. The Morgan fingerprint density at radius 2 is 0.987 bits per heavy atom. The van der Waals surface area contributed by atoms with Crippen molar-refractivity contribution >= 4 is 55.5 Å². The second-order valence-corrected chi connectivity index (χ2v) is 25.9. The van der Waals surface area contributed by atoms with Gasteiger partial charge in [0.05, 0.1) is 23.7 Å². The Hall–Kier alpha value is -6.72. The molecule has 5 saturated carbocycles. The van der Waals surface area contributed by atoms with Gasteiger partial charge >= 0.3 is 17.8 Å². The predicted octanol–water partition coefficient (Wildman–Crippen LogP) is 17.4. The van der Waals surface area contributed by atoms with Crippen molar-refractivity contribution in [1.82, 2.24) is 0 Å². The minimum atomic E-state index is -5.61. The number of thioether (sulfide) groups is 2. The highest BCUT2D eigenvalue weighted by molar-refractivity contribution is 8.12. The molecule has 4 bridgehead atoms. The SMILES string of the molecule is COc1cccc2c(C#Cc3ccc(C45C[C@H]6C[C@@H](C4)CC(c4ccc(C7=C(C)C8=C9C(=C%10c%11ccccc%11SC%10(C)C8(C)S7)C(F)(F)C(F)(F)C9(F)F)cc4)(C6)C5)cc3)c3c(OC)cccc3c(C#Cc3ccccc3)c12. The summed E-state index contributed by atoms with van der Waals surface area (Å²) in [5.74, 6) is 0.750. The summed E-state index contributed by atoms with van der Waals surface area (Å²) in [7, 11) is 3.36. The zero-order valence-electron chi connectivity index (χ0n) is 43.6. The third-order valence-electron chi connectivity index (χ3n) is 18.8. The van der Waals surface area contributed by atoms with Gasteiger partial charge in [0.2, 0.25) is 0 Å². The molecule has 15 rings (SSSR count). The monoisotopic (exact) mass is 1080 g/mol. The quantitative estimate of drug-likeness (QED) is 0.0971. The van der Waals surface area contributed by atoms with Crippen molar-refractivity contribution in [2.45, 2.75) is 102 Å². The van der Waals surface area contributed by atoms with E-state index < -0.39 is 38.4 Å². The molecule has 0 spiro atoms. The maximum atomic E-state index is 16.3. The van der Waals surface area contributed by atoms with Crippen molar-refractivity contribution in [3.63, 3.8) is 0 Å². The van der Waals surface area contributed by atoms with Gasteiger partial charge in [0.1, 0.15) is 11.5 Å². The summed E-state index contributed by atoms with van der Waals surface area (Å²) >= 11 is 2.65. The molecular formula is C68H52F6O2S2. The highest BCUT2D eigenvalue weighted by Gasteiger charge is 2.85.